The summed E-state index contributed by atoms with van der Waals surface area (Å²) in [7, 11) is -3.81. The predicted molar refractivity (Wildman–Crippen MR) is 109 cm³/mol. The molecule has 29 heavy (non-hydrogen) atoms. The fourth-order valence-corrected chi connectivity index (χ4v) is 4.32. The fraction of sp³-hybridized carbons (Fsp3) is 0.316. The van der Waals surface area contributed by atoms with Crippen molar-refractivity contribution in [1.29, 1.82) is 0 Å². The number of amides is 1. The van der Waals surface area contributed by atoms with Gasteiger partial charge in [-0.25, -0.2) is 8.42 Å². The Kier molecular flexibility index (Phi) is 7.29. The minimum atomic E-state index is -3.81. The van der Waals surface area contributed by atoms with Gasteiger partial charge in [-0.05, 0) is 37.3 Å². The Bertz CT molecular complexity index is 986. The molecule has 0 bridgehead atoms. The molecule has 2 rings (SSSR count). The lowest BCUT2D eigenvalue weighted by molar-refractivity contribution is -0.384. The SMILES string of the molecule is CCOc1ccc(NC(=O)c2ccc([N+](=O)[O-])cc2)cc1S(=O)(=O)N(CC)CC. The number of anilines is 1. The number of hydrogen-bond acceptors (Lipinski definition) is 6. The highest BCUT2D eigenvalue weighted by Gasteiger charge is 2.26. The summed E-state index contributed by atoms with van der Waals surface area (Å²) in [6, 6.07) is 9.49. The Balaban J connectivity index is 2.36. The van der Waals surface area contributed by atoms with Crippen molar-refractivity contribution in [3.05, 3.63) is 58.1 Å². The molecule has 0 aliphatic heterocycles. The van der Waals surface area contributed by atoms with Crippen LogP contribution in [0, 0.1) is 10.1 Å². The second kappa shape index (κ2) is 9.48. The van der Waals surface area contributed by atoms with Crippen LogP contribution in [-0.2, 0) is 10.0 Å². The van der Waals surface area contributed by atoms with Crippen LogP contribution in [0.15, 0.2) is 47.4 Å². The molecule has 0 spiro atoms. The molecule has 0 saturated carbocycles. The first-order valence-corrected chi connectivity index (χ1v) is 10.5. The number of benzene rings is 2. The van der Waals surface area contributed by atoms with Crippen LogP contribution in [0.1, 0.15) is 31.1 Å². The number of non-ortho nitro benzene ring substituents is 1. The number of rotatable bonds is 9. The first-order valence-electron chi connectivity index (χ1n) is 9.07. The highest BCUT2D eigenvalue weighted by Crippen LogP contribution is 2.30. The Morgan fingerprint density at radius 3 is 2.24 bits per heavy atom. The molecule has 0 aliphatic carbocycles. The summed E-state index contributed by atoms with van der Waals surface area (Å²) in [6.07, 6.45) is 0. The molecule has 0 aromatic heterocycles. The van der Waals surface area contributed by atoms with Crippen LogP contribution >= 0.6 is 0 Å². The van der Waals surface area contributed by atoms with Gasteiger partial charge < -0.3 is 10.1 Å². The molecule has 0 aliphatic rings. The number of carbonyl (C=O) groups excluding carboxylic acids is 1. The summed E-state index contributed by atoms with van der Waals surface area (Å²) < 4.78 is 32.7. The van der Waals surface area contributed by atoms with E-state index in [1.165, 1.54) is 46.8 Å². The van der Waals surface area contributed by atoms with E-state index in [2.05, 4.69) is 5.32 Å². The second-order valence-corrected chi connectivity index (χ2v) is 7.85. The van der Waals surface area contributed by atoms with E-state index in [1.54, 1.807) is 20.8 Å². The maximum absolute atomic E-state index is 13.0. The molecule has 0 radical (unpaired) electrons. The fourth-order valence-electron chi connectivity index (χ4n) is 2.70. The van der Waals surface area contributed by atoms with E-state index >= 15 is 0 Å². The van der Waals surface area contributed by atoms with Gasteiger partial charge in [-0.2, -0.15) is 4.31 Å². The molecule has 0 atom stereocenters. The largest absolute Gasteiger partial charge is 0.492 e. The number of ether oxygens (including phenoxy) is 1. The minimum Gasteiger partial charge on any atom is -0.492 e. The maximum Gasteiger partial charge on any atom is 0.269 e. The zero-order valence-corrected chi connectivity index (χ0v) is 17.2. The van der Waals surface area contributed by atoms with Gasteiger partial charge in [-0.3, -0.25) is 14.9 Å². The van der Waals surface area contributed by atoms with Crippen LogP contribution in [0.4, 0.5) is 11.4 Å². The van der Waals surface area contributed by atoms with Crippen LogP contribution < -0.4 is 10.1 Å². The molecular formula is C19H23N3O6S. The van der Waals surface area contributed by atoms with Crippen LogP contribution in [0.2, 0.25) is 0 Å². The van der Waals surface area contributed by atoms with Crippen LogP contribution in [0.5, 0.6) is 5.75 Å². The van der Waals surface area contributed by atoms with Crippen molar-refractivity contribution < 1.29 is 22.9 Å². The van der Waals surface area contributed by atoms with E-state index in [1.807, 2.05) is 0 Å². The molecule has 1 N–H and O–H groups in total. The van der Waals surface area contributed by atoms with E-state index in [0.29, 0.717) is 13.1 Å². The summed E-state index contributed by atoms with van der Waals surface area (Å²) in [5.41, 5.74) is 0.343. The molecule has 2 aromatic rings. The zero-order valence-electron chi connectivity index (χ0n) is 16.4. The molecule has 0 saturated heterocycles. The lowest BCUT2D eigenvalue weighted by Gasteiger charge is -2.21. The van der Waals surface area contributed by atoms with Crippen LogP contribution in [-0.4, -0.2) is 43.2 Å². The van der Waals surface area contributed by atoms with Crippen molar-refractivity contribution in [2.75, 3.05) is 25.0 Å². The molecule has 9 nitrogen and oxygen atoms in total. The van der Waals surface area contributed by atoms with Gasteiger partial charge in [0.25, 0.3) is 11.6 Å². The van der Waals surface area contributed by atoms with E-state index in [9.17, 15) is 23.3 Å². The summed E-state index contributed by atoms with van der Waals surface area (Å²) in [5, 5.41) is 13.3. The Hall–Kier alpha value is -2.98. The minimum absolute atomic E-state index is 0.0375. The number of nitro groups is 1. The number of sulfonamides is 1. The van der Waals surface area contributed by atoms with Gasteiger partial charge in [-0.15, -0.1) is 0 Å². The smallest absolute Gasteiger partial charge is 0.269 e. The number of nitrogens with one attached hydrogen (secondary N) is 1. The van der Waals surface area contributed by atoms with Crippen molar-refractivity contribution >= 4 is 27.3 Å². The van der Waals surface area contributed by atoms with E-state index < -0.39 is 20.9 Å². The number of hydrogen-bond donors (Lipinski definition) is 1. The molecule has 0 heterocycles. The quantitative estimate of drug-likeness (QED) is 0.490. The van der Waals surface area contributed by atoms with Gasteiger partial charge in [-0.1, -0.05) is 13.8 Å². The van der Waals surface area contributed by atoms with Crippen molar-refractivity contribution in [2.45, 2.75) is 25.7 Å². The summed E-state index contributed by atoms with van der Waals surface area (Å²) in [5.74, 6) is -0.317. The molecule has 2 aromatic carbocycles. The Morgan fingerprint density at radius 2 is 1.72 bits per heavy atom. The lowest BCUT2D eigenvalue weighted by atomic mass is 10.2. The van der Waals surface area contributed by atoms with Gasteiger partial charge in [0.1, 0.15) is 10.6 Å². The zero-order chi connectivity index (χ0) is 21.6. The molecular weight excluding hydrogens is 398 g/mol. The van der Waals surface area contributed by atoms with E-state index in [4.69, 9.17) is 4.74 Å². The van der Waals surface area contributed by atoms with Crippen molar-refractivity contribution in [1.82, 2.24) is 4.31 Å². The van der Waals surface area contributed by atoms with Gasteiger partial charge in [0.2, 0.25) is 10.0 Å². The van der Waals surface area contributed by atoms with Crippen LogP contribution in [0.25, 0.3) is 0 Å². The molecule has 1 amide bonds. The third-order valence-electron chi connectivity index (χ3n) is 4.16. The third kappa shape index (κ3) is 5.09. The van der Waals surface area contributed by atoms with Gasteiger partial charge >= 0.3 is 0 Å². The molecule has 156 valence electrons. The van der Waals surface area contributed by atoms with E-state index in [0.717, 1.165) is 0 Å². The first-order chi connectivity index (χ1) is 13.7. The monoisotopic (exact) mass is 421 g/mol. The number of carbonyl (C=O) groups is 1. The van der Waals surface area contributed by atoms with Gasteiger partial charge in [0.15, 0.2) is 0 Å². The van der Waals surface area contributed by atoms with Crippen molar-refractivity contribution in [2.24, 2.45) is 0 Å². The average molecular weight is 421 g/mol. The number of nitrogens with zero attached hydrogens (tertiary/aromatic N) is 2. The first kappa shape index (κ1) is 22.3. The maximum atomic E-state index is 13.0. The highest BCUT2D eigenvalue weighted by molar-refractivity contribution is 7.89. The second-order valence-electron chi connectivity index (χ2n) is 5.94. The van der Waals surface area contributed by atoms with Gasteiger partial charge in [0.05, 0.1) is 11.5 Å². The third-order valence-corrected chi connectivity index (χ3v) is 6.24. The molecule has 10 heteroatoms. The van der Waals surface area contributed by atoms with Crippen LogP contribution in [0.3, 0.4) is 0 Å². The van der Waals surface area contributed by atoms with Crippen molar-refractivity contribution in [3.8, 4) is 5.75 Å². The molecule has 0 fully saturated rings. The Labute approximate surface area is 169 Å². The summed E-state index contributed by atoms with van der Waals surface area (Å²) in [6.45, 7) is 6.10. The van der Waals surface area contributed by atoms with E-state index in [-0.39, 0.29) is 34.2 Å². The van der Waals surface area contributed by atoms with Gasteiger partial charge in [0, 0.05) is 36.5 Å². The summed E-state index contributed by atoms with van der Waals surface area (Å²) in [4.78, 5) is 22.6. The average Bonchev–Trinajstić information content (AvgIpc) is 2.70. The summed E-state index contributed by atoms with van der Waals surface area (Å²) >= 11 is 0. The number of nitro benzene ring substituents is 1. The topological polar surface area (TPSA) is 119 Å². The van der Waals surface area contributed by atoms with Crippen molar-refractivity contribution in [3.63, 3.8) is 0 Å². The predicted octanol–water partition coefficient (Wildman–Crippen LogP) is 3.28. The molecule has 0 unspecified atom stereocenters. The normalized spacial score (nSPS) is 11.3. The Morgan fingerprint density at radius 1 is 1.10 bits per heavy atom. The highest BCUT2D eigenvalue weighted by atomic mass is 32.2. The standard InChI is InChI=1S/C19H23N3O6S/c1-4-21(5-2)29(26,27)18-13-15(9-12-17(18)28-6-3)20-19(23)14-7-10-16(11-8-14)22(24)25/h7-13H,4-6H2,1-3H3,(H,20,23). The lowest BCUT2D eigenvalue weighted by Crippen LogP contribution is -2.31.